The monoisotopic (exact) mass is 212 g/mol. The lowest BCUT2D eigenvalue weighted by atomic mass is 10.0. The van der Waals surface area contributed by atoms with Crippen molar-refractivity contribution in [3.05, 3.63) is 29.8 Å². The van der Waals surface area contributed by atoms with Gasteiger partial charge in [-0.25, -0.2) is 0 Å². The van der Waals surface area contributed by atoms with Crippen molar-refractivity contribution in [2.45, 2.75) is 6.92 Å². The standard InChI is InChI=1S/C10H13OPS/c1-7(6-13)10(11)8-2-4-9(12)5-3-8/h2-5,7,13H,6,12H2,1H3. The van der Waals surface area contributed by atoms with Crippen LogP contribution in [0.15, 0.2) is 24.3 Å². The molecule has 0 heterocycles. The molecule has 0 amide bonds. The molecule has 0 aliphatic heterocycles. The second kappa shape index (κ2) is 4.78. The Morgan fingerprint density at radius 3 is 2.46 bits per heavy atom. The largest absolute Gasteiger partial charge is 0.294 e. The minimum atomic E-state index is -0.00121. The van der Waals surface area contributed by atoms with Crippen molar-refractivity contribution in [2.75, 3.05) is 5.75 Å². The molecule has 1 aromatic rings. The molecule has 0 bridgehead atoms. The second-order valence-corrected chi connectivity index (χ2v) is 4.10. The van der Waals surface area contributed by atoms with Gasteiger partial charge in [-0.3, -0.25) is 4.79 Å². The number of thiol groups is 1. The van der Waals surface area contributed by atoms with E-state index >= 15 is 0 Å². The smallest absolute Gasteiger partial charge is 0.166 e. The Kier molecular flexibility index (Phi) is 3.95. The van der Waals surface area contributed by atoms with E-state index in [-0.39, 0.29) is 11.7 Å². The number of ketones is 1. The average molecular weight is 212 g/mol. The Balaban J connectivity index is 2.83. The highest BCUT2D eigenvalue weighted by atomic mass is 32.1. The highest BCUT2D eigenvalue weighted by Crippen LogP contribution is 2.09. The number of hydrogen-bond donors (Lipinski definition) is 1. The van der Waals surface area contributed by atoms with E-state index < -0.39 is 0 Å². The zero-order valence-electron chi connectivity index (χ0n) is 7.53. The van der Waals surface area contributed by atoms with E-state index in [1.165, 1.54) is 0 Å². The molecule has 0 radical (unpaired) electrons. The molecule has 0 fully saturated rings. The highest BCUT2D eigenvalue weighted by Gasteiger charge is 2.12. The van der Waals surface area contributed by atoms with Gasteiger partial charge in [0.05, 0.1) is 0 Å². The first-order valence-electron chi connectivity index (χ1n) is 4.15. The first-order chi connectivity index (χ1) is 6.15. The van der Waals surface area contributed by atoms with Gasteiger partial charge < -0.3 is 0 Å². The fraction of sp³-hybridized carbons (Fsp3) is 0.300. The summed E-state index contributed by atoms with van der Waals surface area (Å²) in [6.07, 6.45) is 0. The molecule has 2 atom stereocenters. The number of Topliss-reactive ketones (excluding diaryl/α,β-unsaturated/α-hetero) is 1. The van der Waals surface area contributed by atoms with Crippen molar-refractivity contribution in [1.29, 1.82) is 0 Å². The van der Waals surface area contributed by atoms with Crippen LogP contribution in [-0.2, 0) is 0 Å². The van der Waals surface area contributed by atoms with E-state index in [1.807, 2.05) is 31.2 Å². The van der Waals surface area contributed by atoms with Crippen molar-refractivity contribution in [2.24, 2.45) is 5.92 Å². The fourth-order valence-electron chi connectivity index (χ4n) is 1.01. The summed E-state index contributed by atoms with van der Waals surface area (Å²) in [4.78, 5) is 11.6. The molecule has 13 heavy (non-hydrogen) atoms. The molecule has 3 heteroatoms. The topological polar surface area (TPSA) is 17.1 Å². The zero-order valence-corrected chi connectivity index (χ0v) is 9.58. The van der Waals surface area contributed by atoms with E-state index in [2.05, 4.69) is 21.9 Å². The van der Waals surface area contributed by atoms with E-state index in [4.69, 9.17) is 0 Å². The van der Waals surface area contributed by atoms with Gasteiger partial charge >= 0.3 is 0 Å². The normalized spacial score (nSPS) is 12.5. The lowest BCUT2D eigenvalue weighted by molar-refractivity contribution is 0.0942. The minimum Gasteiger partial charge on any atom is -0.294 e. The minimum absolute atomic E-state index is 0.00121. The van der Waals surface area contributed by atoms with Crippen LogP contribution in [0.25, 0.3) is 0 Å². The Bertz CT molecular complexity index is 294. The SMILES string of the molecule is CC(CS)C(=O)c1ccc(P)cc1. The number of benzene rings is 1. The first-order valence-corrected chi connectivity index (χ1v) is 5.36. The van der Waals surface area contributed by atoms with Crippen molar-refractivity contribution >= 4 is 33.0 Å². The van der Waals surface area contributed by atoms with Crippen LogP contribution < -0.4 is 5.30 Å². The lowest BCUT2D eigenvalue weighted by Gasteiger charge is -2.06. The van der Waals surface area contributed by atoms with Gasteiger partial charge in [0, 0.05) is 17.2 Å². The third kappa shape index (κ3) is 2.82. The summed E-state index contributed by atoms with van der Waals surface area (Å²) in [6.45, 7) is 1.89. The maximum Gasteiger partial charge on any atom is 0.166 e. The summed E-state index contributed by atoms with van der Waals surface area (Å²) < 4.78 is 0. The summed E-state index contributed by atoms with van der Waals surface area (Å²) in [6, 6.07) is 7.54. The van der Waals surface area contributed by atoms with Gasteiger partial charge in [-0.15, -0.1) is 9.24 Å². The summed E-state index contributed by atoms with van der Waals surface area (Å²) in [5.41, 5.74) is 0.771. The predicted molar refractivity (Wildman–Crippen MR) is 63.1 cm³/mol. The zero-order chi connectivity index (χ0) is 9.84. The molecule has 1 nitrogen and oxygen atoms in total. The van der Waals surface area contributed by atoms with Gasteiger partial charge in [0.2, 0.25) is 0 Å². The molecule has 1 aromatic carbocycles. The van der Waals surface area contributed by atoms with Gasteiger partial charge in [0.1, 0.15) is 0 Å². The molecule has 0 saturated carbocycles. The van der Waals surface area contributed by atoms with Crippen LogP contribution in [0, 0.1) is 5.92 Å². The molecular weight excluding hydrogens is 199 g/mol. The average Bonchev–Trinajstić information content (AvgIpc) is 2.17. The van der Waals surface area contributed by atoms with Crippen molar-refractivity contribution < 1.29 is 4.79 Å². The van der Waals surface area contributed by atoms with Crippen LogP contribution in [0.1, 0.15) is 17.3 Å². The summed E-state index contributed by atoms with van der Waals surface area (Å²) >= 11 is 4.10. The molecule has 0 aliphatic carbocycles. The van der Waals surface area contributed by atoms with Crippen LogP contribution in [-0.4, -0.2) is 11.5 Å². The van der Waals surface area contributed by atoms with E-state index in [1.54, 1.807) is 0 Å². The molecule has 2 unspecified atom stereocenters. The molecule has 1 rings (SSSR count). The summed E-state index contributed by atoms with van der Waals surface area (Å²) in [5, 5.41) is 1.09. The Labute approximate surface area is 86.5 Å². The lowest BCUT2D eigenvalue weighted by Crippen LogP contribution is -2.13. The van der Waals surface area contributed by atoms with Crippen LogP contribution in [0.5, 0.6) is 0 Å². The van der Waals surface area contributed by atoms with Crippen LogP contribution in [0.4, 0.5) is 0 Å². The van der Waals surface area contributed by atoms with Gasteiger partial charge in [0.25, 0.3) is 0 Å². The third-order valence-electron chi connectivity index (χ3n) is 1.92. The van der Waals surface area contributed by atoms with Crippen molar-refractivity contribution in [3.63, 3.8) is 0 Å². The molecule has 70 valence electrons. The number of hydrogen-bond acceptors (Lipinski definition) is 2. The second-order valence-electron chi connectivity index (χ2n) is 3.07. The highest BCUT2D eigenvalue weighted by molar-refractivity contribution is 7.80. The van der Waals surface area contributed by atoms with E-state index in [0.717, 1.165) is 10.9 Å². The van der Waals surface area contributed by atoms with E-state index in [9.17, 15) is 4.79 Å². The van der Waals surface area contributed by atoms with Crippen LogP contribution in [0.2, 0.25) is 0 Å². The molecule has 0 N–H and O–H groups in total. The van der Waals surface area contributed by atoms with Crippen molar-refractivity contribution in [1.82, 2.24) is 0 Å². The van der Waals surface area contributed by atoms with Gasteiger partial charge in [-0.2, -0.15) is 12.6 Å². The van der Waals surface area contributed by atoms with Gasteiger partial charge in [-0.1, -0.05) is 31.2 Å². The van der Waals surface area contributed by atoms with Crippen molar-refractivity contribution in [3.8, 4) is 0 Å². The molecule has 0 saturated heterocycles. The van der Waals surface area contributed by atoms with Gasteiger partial charge in [-0.05, 0) is 5.30 Å². The Morgan fingerprint density at radius 2 is 2.00 bits per heavy atom. The number of carbonyl (C=O) groups excluding carboxylic acids is 1. The summed E-state index contributed by atoms with van der Waals surface area (Å²) in [7, 11) is 2.59. The molecule has 0 aromatic heterocycles. The molecular formula is C10H13OPS. The molecule has 0 aliphatic rings. The third-order valence-corrected chi connectivity index (χ3v) is 2.85. The number of rotatable bonds is 3. The predicted octanol–water partition coefficient (Wildman–Crippen LogP) is 1.94. The Morgan fingerprint density at radius 1 is 1.46 bits per heavy atom. The number of carbonyl (C=O) groups is 1. The van der Waals surface area contributed by atoms with Gasteiger partial charge in [0.15, 0.2) is 5.78 Å². The van der Waals surface area contributed by atoms with Crippen LogP contribution >= 0.6 is 21.9 Å². The van der Waals surface area contributed by atoms with Crippen LogP contribution in [0.3, 0.4) is 0 Å². The summed E-state index contributed by atoms with van der Waals surface area (Å²) in [5.74, 6) is 0.764. The van der Waals surface area contributed by atoms with E-state index in [0.29, 0.717) is 5.75 Å². The Hall–Kier alpha value is -0.330. The maximum absolute atomic E-state index is 11.6. The quantitative estimate of drug-likeness (QED) is 0.460. The first kappa shape index (κ1) is 10.7. The molecule has 0 spiro atoms. The fourth-order valence-corrected chi connectivity index (χ4v) is 1.37. The maximum atomic E-state index is 11.6.